The Kier molecular flexibility index (Phi) is 4.46. The van der Waals surface area contributed by atoms with E-state index in [2.05, 4.69) is 41.4 Å². The van der Waals surface area contributed by atoms with Crippen LogP contribution in [0.15, 0.2) is 12.3 Å². The highest BCUT2D eigenvalue weighted by atomic mass is 28.3. The lowest BCUT2D eigenvalue weighted by Crippen LogP contribution is -2.16. The maximum absolute atomic E-state index is 11.1. The fourth-order valence-corrected chi connectivity index (χ4v) is 1.71. The van der Waals surface area contributed by atoms with Crippen LogP contribution in [0, 0.1) is 11.5 Å². The molecular weight excluding hydrogens is 260 g/mol. The zero-order valence-corrected chi connectivity index (χ0v) is 12.4. The number of nitrogens with one attached hydrogen (secondary N) is 1. The van der Waals surface area contributed by atoms with Gasteiger partial charge in [0.25, 0.3) is 0 Å². The van der Waals surface area contributed by atoms with Gasteiger partial charge in [0.05, 0.1) is 11.1 Å². The molecule has 0 atom stereocenters. The summed E-state index contributed by atoms with van der Waals surface area (Å²) in [6.45, 7) is 7.59. The summed E-state index contributed by atoms with van der Waals surface area (Å²) in [6.07, 6.45) is 1.20. The average Bonchev–Trinajstić information content (AvgIpc) is 2.25. The maximum atomic E-state index is 11.1. The van der Waals surface area contributed by atoms with Gasteiger partial charge < -0.3 is 10.4 Å². The molecule has 1 amide bonds. The molecule has 0 spiro atoms. The zero-order chi connectivity index (χ0) is 14.6. The number of carbonyl (C=O) groups is 2. The van der Waals surface area contributed by atoms with Gasteiger partial charge in [0.1, 0.15) is 13.9 Å². The normalized spacial score (nSPS) is 10.3. The second kappa shape index (κ2) is 5.67. The number of hydrogen-bond acceptors (Lipinski definition) is 3. The Morgan fingerprint density at radius 1 is 1.37 bits per heavy atom. The number of nitrogens with zero attached hydrogens (tertiary/aromatic N) is 1. The molecule has 0 fully saturated rings. The van der Waals surface area contributed by atoms with Gasteiger partial charge in [-0.1, -0.05) is 25.6 Å². The zero-order valence-electron chi connectivity index (χ0n) is 11.4. The molecule has 5 nitrogen and oxygen atoms in total. The lowest BCUT2D eigenvalue weighted by Gasteiger charge is -2.07. The molecule has 0 unspecified atom stereocenters. The number of aromatic nitrogens is 1. The molecule has 6 heteroatoms. The Bertz CT molecular complexity index is 580. The fraction of sp³-hybridized carbons (Fsp3) is 0.308. The first kappa shape index (κ1) is 14.9. The summed E-state index contributed by atoms with van der Waals surface area (Å²) < 4.78 is 0. The van der Waals surface area contributed by atoms with Crippen molar-refractivity contribution in [2.75, 3.05) is 5.32 Å². The van der Waals surface area contributed by atoms with Crippen molar-refractivity contribution in [2.45, 2.75) is 26.6 Å². The molecule has 0 aliphatic heterocycles. The van der Waals surface area contributed by atoms with E-state index in [1.54, 1.807) is 0 Å². The minimum absolute atomic E-state index is 0.0500. The third kappa shape index (κ3) is 4.93. The number of carboxylic acid groups (broad SMARTS) is 1. The quantitative estimate of drug-likeness (QED) is 0.639. The van der Waals surface area contributed by atoms with Crippen LogP contribution in [0.5, 0.6) is 0 Å². The van der Waals surface area contributed by atoms with Crippen molar-refractivity contribution in [2.24, 2.45) is 0 Å². The first-order valence-electron chi connectivity index (χ1n) is 5.73. The first-order valence-corrected chi connectivity index (χ1v) is 9.23. The molecule has 100 valence electrons. The predicted molar refractivity (Wildman–Crippen MR) is 75.7 cm³/mol. The van der Waals surface area contributed by atoms with Gasteiger partial charge in [-0.25, -0.2) is 9.78 Å². The number of pyridine rings is 1. The number of anilines is 1. The van der Waals surface area contributed by atoms with Gasteiger partial charge in [0.2, 0.25) is 5.91 Å². The number of carboxylic acids is 1. The summed E-state index contributed by atoms with van der Waals surface area (Å²) in [5.41, 5.74) is 3.60. The number of rotatable bonds is 2. The Labute approximate surface area is 113 Å². The molecule has 0 aliphatic rings. The lowest BCUT2D eigenvalue weighted by molar-refractivity contribution is -0.114. The molecular formula is C13H16N2O3Si. The Hall–Kier alpha value is -2.13. The van der Waals surface area contributed by atoms with Gasteiger partial charge in [-0.2, -0.15) is 0 Å². The highest BCUT2D eigenvalue weighted by Crippen LogP contribution is 2.14. The molecule has 1 heterocycles. The molecule has 19 heavy (non-hydrogen) atoms. The van der Waals surface area contributed by atoms with E-state index in [0.29, 0.717) is 11.4 Å². The summed E-state index contributed by atoms with van der Waals surface area (Å²) in [6, 6.07) is 1.42. The van der Waals surface area contributed by atoms with Crippen LogP contribution < -0.4 is 5.32 Å². The van der Waals surface area contributed by atoms with Gasteiger partial charge in [-0.05, 0) is 6.07 Å². The van der Waals surface area contributed by atoms with Crippen LogP contribution in [-0.4, -0.2) is 30.0 Å². The van der Waals surface area contributed by atoms with Gasteiger partial charge in [0, 0.05) is 13.1 Å². The van der Waals surface area contributed by atoms with Gasteiger partial charge in [0.15, 0.2) is 0 Å². The second-order valence-corrected chi connectivity index (χ2v) is 9.86. The van der Waals surface area contributed by atoms with Crippen molar-refractivity contribution in [3.8, 4) is 11.5 Å². The largest absolute Gasteiger partial charge is 0.478 e. The monoisotopic (exact) mass is 276 g/mol. The van der Waals surface area contributed by atoms with E-state index in [0.717, 1.165) is 0 Å². The summed E-state index contributed by atoms with van der Waals surface area (Å²) in [5, 5.41) is 11.5. The van der Waals surface area contributed by atoms with Crippen LogP contribution in [-0.2, 0) is 4.79 Å². The fourth-order valence-electron chi connectivity index (χ4n) is 1.20. The number of aromatic carboxylic acids is 1. The van der Waals surface area contributed by atoms with E-state index in [4.69, 9.17) is 5.11 Å². The van der Waals surface area contributed by atoms with Gasteiger partial charge in [-0.3, -0.25) is 4.79 Å². The highest BCUT2D eigenvalue weighted by Gasteiger charge is 2.11. The molecule has 0 radical (unpaired) electrons. The molecule has 0 saturated heterocycles. The molecule has 1 aromatic heterocycles. The predicted octanol–water partition coefficient (Wildman–Crippen LogP) is 1.97. The van der Waals surface area contributed by atoms with Crippen molar-refractivity contribution in [3.05, 3.63) is 23.4 Å². The van der Waals surface area contributed by atoms with Crippen molar-refractivity contribution in [1.29, 1.82) is 0 Å². The maximum Gasteiger partial charge on any atom is 0.337 e. The third-order valence-corrected chi connectivity index (χ3v) is 2.88. The number of amides is 1. The molecule has 0 aliphatic carbocycles. The van der Waals surface area contributed by atoms with Crippen LogP contribution in [0.1, 0.15) is 22.8 Å². The number of carbonyl (C=O) groups excluding carboxylic acids is 1. The Balaban J connectivity index is 3.28. The minimum atomic E-state index is -1.60. The van der Waals surface area contributed by atoms with E-state index >= 15 is 0 Å². The summed E-state index contributed by atoms with van der Waals surface area (Å²) in [7, 11) is -1.60. The van der Waals surface area contributed by atoms with Crippen LogP contribution in [0.25, 0.3) is 0 Å². The Morgan fingerprint density at radius 3 is 2.47 bits per heavy atom. The first-order chi connectivity index (χ1) is 8.69. The van der Waals surface area contributed by atoms with Crippen molar-refractivity contribution in [1.82, 2.24) is 4.98 Å². The van der Waals surface area contributed by atoms with Gasteiger partial charge >= 0.3 is 5.97 Å². The molecule has 1 rings (SSSR count). The van der Waals surface area contributed by atoms with Crippen LogP contribution >= 0.6 is 0 Å². The summed E-state index contributed by atoms with van der Waals surface area (Å²) in [4.78, 5) is 25.9. The molecule has 1 aromatic rings. The van der Waals surface area contributed by atoms with Gasteiger partial charge in [-0.15, -0.1) is 5.54 Å². The smallest absolute Gasteiger partial charge is 0.337 e. The third-order valence-electron chi connectivity index (χ3n) is 2.00. The molecule has 0 aromatic carbocycles. The minimum Gasteiger partial charge on any atom is -0.478 e. The van der Waals surface area contributed by atoms with E-state index in [1.807, 2.05) is 0 Å². The average molecular weight is 276 g/mol. The SMILES string of the molecule is CC(=O)Nc1ncc(C(=O)O)cc1C#C[Si](C)(C)C. The summed E-state index contributed by atoms with van der Waals surface area (Å²) >= 11 is 0. The topological polar surface area (TPSA) is 79.3 Å². The van der Waals surface area contributed by atoms with E-state index < -0.39 is 14.0 Å². The van der Waals surface area contributed by atoms with E-state index in [1.165, 1.54) is 19.2 Å². The lowest BCUT2D eigenvalue weighted by atomic mass is 10.2. The van der Waals surface area contributed by atoms with Crippen molar-refractivity contribution < 1.29 is 14.7 Å². The van der Waals surface area contributed by atoms with Crippen molar-refractivity contribution in [3.63, 3.8) is 0 Å². The van der Waals surface area contributed by atoms with E-state index in [9.17, 15) is 9.59 Å². The molecule has 0 saturated carbocycles. The van der Waals surface area contributed by atoms with Crippen LogP contribution in [0.3, 0.4) is 0 Å². The Morgan fingerprint density at radius 2 is 2.00 bits per heavy atom. The summed E-state index contributed by atoms with van der Waals surface area (Å²) in [5.74, 6) is 1.88. The van der Waals surface area contributed by atoms with Crippen LogP contribution in [0.4, 0.5) is 5.82 Å². The van der Waals surface area contributed by atoms with Crippen molar-refractivity contribution >= 4 is 25.8 Å². The highest BCUT2D eigenvalue weighted by molar-refractivity contribution is 6.83. The van der Waals surface area contributed by atoms with E-state index in [-0.39, 0.29) is 11.5 Å². The molecule has 0 bridgehead atoms. The molecule has 2 N–H and O–H groups in total. The number of hydrogen-bond donors (Lipinski definition) is 2. The van der Waals surface area contributed by atoms with Crippen LogP contribution in [0.2, 0.25) is 19.6 Å². The second-order valence-electron chi connectivity index (χ2n) is 5.11. The standard InChI is InChI=1S/C13H16N2O3Si/c1-9(16)15-12-10(5-6-19(2,3)4)7-11(8-14-12)13(17)18/h7-8H,1-4H3,(H,17,18)(H,14,15,16).